The average Bonchev–Trinajstić information content (AvgIpc) is 3.12. The summed E-state index contributed by atoms with van der Waals surface area (Å²) in [5.41, 5.74) is -0.874. The lowest BCUT2D eigenvalue weighted by Crippen LogP contribution is -2.16. The maximum atomic E-state index is 13.5. The van der Waals surface area contributed by atoms with Gasteiger partial charge in [-0.3, -0.25) is 0 Å². The van der Waals surface area contributed by atoms with E-state index in [-0.39, 0.29) is 5.56 Å². The first-order chi connectivity index (χ1) is 15.6. The van der Waals surface area contributed by atoms with Crippen LogP contribution in [0.4, 0.5) is 26.3 Å². The zero-order valence-electron chi connectivity index (χ0n) is 16.7. The Kier molecular flexibility index (Phi) is 4.70. The molecule has 8 heteroatoms. The molecule has 33 heavy (non-hydrogen) atoms. The van der Waals surface area contributed by atoms with E-state index in [9.17, 15) is 26.3 Å². The summed E-state index contributed by atoms with van der Waals surface area (Å²) >= 11 is 0. The van der Waals surface area contributed by atoms with E-state index >= 15 is 0 Å². The van der Waals surface area contributed by atoms with Gasteiger partial charge in [0.15, 0.2) is 5.69 Å². The molecule has 5 aromatic rings. The van der Waals surface area contributed by atoms with E-state index in [0.717, 1.165) is 27.9 Å². The SMILES string of the molecule is FC(F)(F)c1ccc(-c2ccc(-n3c4ccccc4c4ccccc43)cc2)c(C(F)(F)F)n1. The van der Waals surface area contributed by atoms with Crippen LogP contribution >= 0.6 is 0 Å². The second kappa shape index (κ2) is 7.37. The Bertz CT molecular complexity index is 1420. The van der Waals surface area contributed by atoms with Crippen molar-refractivity contribution >= 4 is 21.8 Å². The van der Waals surface area contributed by atoms with Gasteiger partial charge in [0, 0.05) is 22.0 Å². The van der Waals surface area contributed by atoms with Crippen LogP contribution in [0.1, 0.15) is 11.4 Å². The molecule has 0 saturated carbocycles. The molecule has 0 fully saturated rings. The standard InChI is InChI=1S/C25H14F6N2/c26-24(27,28)22-14-13-17(23(32-22)25(29,30)31)15-9-11-16(12-10-15)33-20-7-3-1-5-18(20)19-6-2-4-8-21(19)33/h1-14H. The van der Waals surface area contributed by atoms with Gasteiger partial charge in [0.1, 0.15) is 5.69 Å². The number of halogens is 6. The van der Waals surface area contributed by atoms with Crippen LogP contribution in [0.15, 0.2) is 84.9 Å². The number of nitrogens with zero attached hydrogens (tertiary/aromatic N) is 2. The number of fused-ring (bicyclic) bond motifs is 3. The summed E-state index contributed by atoms with van der Waals surface area (Å²) in [6.07, 6.45) is -10.0. The van der Waals surface area contributed by atoms with Crippen LogP contribution in [0, 0.1) is 0 Å². The summed E-state index contributed by atoms with van der Waals surface area (Å²) in [6, 6.07) is 23.1. The number of para-hydroxylation sites is 2. The summed E-state index contributed by atoms with van der Waals surface area (Å²) in [5, 5.41) is 2.06. The third-order valence-electron chi connectivity index (χ3n) is 5.47. The fourth-order valence-electron chi connectivity index (χ4n) is 4.06. The molecule has 0 atom stereocenters. The van der Waals surface area contributed by atoms with Crippen molar-refractivity contribution in [2.45, 2.75) is 12.4 Å². The third-order valence-corrected chi connectivity index (χ3v) is 5.47. The second-order valence-electron chi connectivity index (χ2n) is 7.50. The van der Waals surface area contributed by atoms with Crippen LogP contribution in [-0.2, 0) is 12.4 Å². The topological polar surface area (TPSA) is 17.8 Å². The van der Waals surface area contributed by atoms with Crippen LogP contribution in [0.25, 0.3) is 38.6 Å². The van der Waals surface area contributed by atoms with Crippen LogP contribution in [0.2, 0.25) is 0 Å². The van der Waals surface area contributed by atoms with Gasteiger partial charge in [-0.1, -0.05) is 54.6 Å². The highest BCUT2D eigenvalue weighted by atomic mass is 19.4. The molecule has 2 heterocycles. The monoisotopic (exact) mass is 456 g/mol. The minimum Gasteiger partial charge on any atom is -0.309 e. The Morgan fingerprint density at radius 3 is 1.64 bits per heavy atom. The van der Waals surface area contributed by atoms with E-state index in [4.69, 9.17) is 0 Å². The van der Waals surface area contributed by atoms with Crippen molar-refractivity contribution in [3.8, 4) is 16.8 Å². The fourth-order valence-corrected chi connectivity index (χ4v) is 4.06. The molecule has 5 rings (SSSR count). The maximum Gasteiger partial charge on any atom is 0.433 e. The summed E-state index contributed by atoms with van der Waals surface area (Å²) in [6.45, 7) is 0. The third kappa shape index (κ3) is 3.61. The Balaban J connectivity index is 1.65. The van der Waals surface area contributed by atoms with Crippen molar-refractivity contribution in [3.05, 3.63) is 96.3 Å². The summed E-state index contributed by atoms with van der Waals surface area (Å²) < 4.78 is 81.3. The van der Waals surface area contributed by atoms with E-state index < -0.39 is 29.3 Å². The van der Waals surface area contributed by atoms with Crippen molar-refractivity contribution in [2.75, 3.05) is 0 Å². The molecule has 2 nitrogen and oxygen atoms in total. The molecular formula is C25H14F6N2. The van der Waals surface area contributed by atoms with Gasteiger partial charge in [-0.05, 0) is 35.9 Å². The van der Waals surface area contributed by atoms with Crippen molar-refractivity contribution in [1.82, 2.24) is 9.55 Å². The first-order valence-corrected chi connectivity index (χ1v) is 9.89. The van der Waals surface area contributed by atoms with Crippen molar-refractivity contribution in [2.24, 2.45) is 0 Å². The average molecular weight is 456 g/mol. The molecule has 0 aliphatic rings. The number of hydrogen-bond acceptors (Lipinski definition) is 1. The van der Waals surface area contributed by atoms with Gasteiger partial charge in [0.2, 0.25) is 0 Å². The number of alkyl halides is 6. The largest absolute Gasteiger partial charge is 0.433 e. The van der Waals surface area contributed by atoms with E-state index in [1.165, 1.54) is 12.1 Å². The molecule has 0 bridgehead atoms. The molecule has 0 N–H and O–H groups in total. The molecule has 2 aromatic heterocycles. The minimum atomic E-state index is -5.04. The number of hydrogen-bond donors (Lipinski definition) is 0. The van der Waals surface area contributed by atoms with Crippen molar-refractivity contribution in [3.63, 3.8) is 0 Å². The predicted molar refractivity (Wildman–Crippen MR) is 114 cm³/mol. The molecule has 0 unspecified atom stereocenters. The first kappa shape index (κ1) is 21.1. The lowest BCUT2D eigenvalue weighted by atomic mass is 10.0. The highest BCUT2D eigenvalue weighted by molar-refractivity contribution is 6.09. The van der Waals surface area contributed by atoms with E-state index in [0.29, 0.717) is 11.8 Å². The lowest BCUT2D eigenvalue weighted by Gasteiger charge is -2.15. The Labute approximate surface area is 183 Å². The molecule has 3 aromatic carbocycles. The highest BCUT2D eigenvalue weighted by Gasteiger charge is 2.40. The number of aromatic nitrogens is 2. The van der Waals surface area contributed by atoms with Crippen LogP contribution in [0.5, 0.6) is 0 Å². The smallest absolute Gasteiger partial charge is 0.309 e. The first-order valence-electron chi connectivity index (χ1n) is 9.89. The fraction of sp³-hybridized carbons (Fsp3) is 0.0800. The van der Waals surface area contributed by atoms with Gasteiger partial charge >= 0.3 is 12.4 Å². The van der Waals surface area contributed by atoms with Crippen molar-refractivity contribution in [1.29, 1.82) is 0 Å². The number of pyridine rings is 1. The Morgan fingerprint density at radius 1 is 0.576 bits per heavy atom. The predicted octanol–water partition coefficient (Wildman–Crippen LogP) is 7.88. The van der Waals surface area contributed by atoms with E-state index in [1.54, 1.807) is 12.1 Å². The molecule has 0 saturated heterocycles. The quantitative estimate of drug-likeness (QED) is 0.247. The molecular weight excluding hydrogens is 442 g/mol. The Hall–Kier alpha value is -3.81. The van der Waals surface area contributed by atoms with E-state index in [2.05, 4.69) is 4.98 Å². The van der Waals surface area contributed by atoms with Crippen LogP contribution < -0.4 is 0 Å². The zero-order chi connectivity index (χ0) is 23.4. The number of benzene rings is 3. The summed E-state index contributed by atoms with van der Waals surface area (Å²) in [7, 11) is 0. The van der Waals surface area contributed by atoms with Crippen LogP contribution in [0.3, 0.4) is 0 Å². The Morgan fingerprint density at radius 2 is 1.12 bits per heavy atom. The van der Waals surface area contributed by atoms with Gasteiger partial charge in [-0.25, -0.2) is 4.98 Å². The minimum absolute atomic E-state index is 0.119. The zero-order valence-corrected chi connectivity index (χ0v) is 16.7. The molecule has 0 radical (unpaired) electrons. The van der Waals surface area contributed by atoms with E-state index in [1.807, 2.05) is 53.1 Å². The maximum absolute atomic E-state index is 13.5. The highest BCUT2D eigenvalue weighted by Crippen LogP contribution is 2.39. The molecule has 166 valence electrons. The van der Waals surface area contributed by atoms with Crippen LogP contribution in [-0.4, -0.2) is 9.55 Å². The van der Waals surface area contributed by atoms with Gasteiger partial charge in [0.25, 0.3) is 0 Å². The van der Waals surface area contributed by atoms with Gasteiger partial charge in [0.05, 0.1) is 11.0 Å². The lowest BCUT2D eigenvalue weighted by molar-refractivity contribution is -0.149. The van der Waals surface area contributed by atoms with Gasteiger partial charge < -0.3 is 4.57 Å². The molecule has 0 amide bonds. The van der Waals surface area contributed by atoms with Crippen molar-refractivity contribution < 1.29 is 26.3 Å². The second-order valence-corrected chi connectivity index (χ2v) is 7.50. The van der Waals surface area contributed by atoms with Gasteiger partial charge in [-0.15, -0.1) is 0 Å². The summed E-state index contributed by atoms with van der Waals surface area (Å²) in [5.74, 6) is 0. The normalized spacial score (nSPS) is 12.5. The molecule has 0 aliphatic heterocycles. The van der Waals surface area contributed by atoms with Gasteiger partial charge in [-0.2, -0.15) is 26.3 Å². The number of rotatable bonds is 2. The molecule has 0 spiro atoms. The molecule has 0 aliphatic carbocycles. The summed E-state index contributed by atoms with van der Waals surface area (Å²) in [4.78, 5) is 2.89.